The predicted molar refractivity (Wildman–Crippen MR) is 108 cm³/mol. The van der Waals surface area contributed by atoms with E-state index in [0.717, 1.165) is 24.2 Å². The number of nitrogens with zero attached hydrogens (tertiary/aromatic N) is 4. The Bertz CT molecular complexity index is 862. The van der Waals surface area contributed by atoms with Crippen LogP contribution in [0.5, 0.6) is 0 Å². The molecule has 1 aliphatic rings. The van der Waals surface area contributed by atoms with Crippen LogP contribution in [0.1, 0.15) is 37.1 Å². The highest BCUT2D eigenvalue weighted by molar-refractivity contribution is 5.91. The average molecular weight is 384 g/mol. The number of amides is 1. The van der Waals surface area contributed by atoms with Crippen LogP contribution in [-0.2, 0) is 22.6 Å². The van der Waals surface area contributed by atoms with Gasteiger partial charge in [0.1, 0.15) is 5.82 Å². The normalized spacial score (nSPS) is 15.4. The molecule has 0 N–H and O–H groups in total. The van der Waals surface area contributed by atoms with Crippen LogP contribution in [0.3, 0.4) is 0 Å². The maximum absolute atomic E-state index is 12.5. The van der Waals surface area contributed by atoms with Crippen molar-refractivity contribution in [2.75, 3.05) is 26.8 Å². The van der Waals surface area contributed by atoms with Crippen LogP contribution in [0.2, 0.25) is 0 Å². The maximum Gasteiger partial charge on any atom is 0.345 e. The molecule has 0 bridgehead atoms. The van der Waals surface area contributed by atoms with Crippen molar-refractivity contribution in [2.24, 2.45) is 0 Å². The molecule has 1 aromatic heterocycles. The lowest BCUT2D eigenvalue weighted by Gasteiger charge is -2.30. The molecule has 2 aromatic rings. The van der Waals surface area contributed by atoms with Crippen molar-refractivity contribution in [3.8, 4) is 0 Å². The third kappa shape index (κ3) is 4.59. The molecule has 0 saturated carbocycles. The van der Waals surface area contributed by atoms with Crippen LogP contribution < -0.4 is 5.69 Å². The summed E-state index contributed by atoms with van der Waals surface area (Å²) in [5.74, 6) is 1.05. The molecule has 0 aliphatic carbocycles. The van der Waals surface area contributed by atoms with Gasteiger partial charge in [-0.15, -0.1) is 0 Å². The Hall–Kier alpha value is -2.67. The molecule has 1 fully saturated rings. The Morgan fingerprint density at radius 3 is 2.61 bits per heavy atom. The highest BCUT2D eigenvalue weighted by atomic mass is 16.5. The van der Waals surface area contributed by atoms with E-state index in [1.54, 1.807) is 17.8 Å². The SMILES string of the molecule is CCn1c(C2CCN(C(=O)/C=C/c3ccccc3)CC2)nn(CCOC)c1=O. The molecule has 1 aromatic carbocycles. The summed E-state index contributed by atoms with van der Waals surface area (Å²) in [7, 11) is 1.61. The van der Waals surface area contributed by atoms with Gasteiger partial charge in [0.25, 0.3) is 0 Å². The molecule has 1 saturated heterocycles. The van der Waals surface area contributed by atoms with Gasteiger partial charge in [0.05, 0.1) is 13.2 Å². The predicted octanol–water partition coefficient (Wildman–Crippen LogP) is 2.13. The molecule has 2 heterocycles. The summed E-state index contributed by atoms with van der Waals surface area (Å²) in [4.78, 5) is 26.8. The average Bonchev–Trinajstić information content (AvgIpc) is 3.06. The Morgan fingerprint density at radius 2 is 1.96 bits per heavy atom. The van der Waals surface area contributed by atoms with E-state index in [4.69, 9.17) is 4.74 Å². The van der Waals surface area contributed by atoms with E-state index in [1.807, 2.05) is 48.2 Å². The van der Waals surface area contributed by atoms with Gasteiger partial charge in [-0.05, 0) is 31.4 Å². The summed E-state index contributed by atoms with van der Waals surface area (Å²) in [6.07, 6.45) is 5.11. The summed E-state index contributed by atoms with van der Waals surface area (Å²) in [5.41, 5.74) is 0.929. The fraction of sp³-hybridized carbons (Fsp3) is 0.476. The maximum atomic E-state index is 12.5. The highest BCUT2D eigenvalue weighted by Crippen LogP contribution is 2.26. The minimum Gasteiger partial charge on any atom is -0.383 e. The summed E-state index contributed by atoms with van der Waals surface area (Å²) >= 11 is 0. The molecule has 0 radical (unpaired) electrons. The summed E-state index contributed by atoms with van der Waals surface area (Å²) < 4.78 is 8.30. The minimum absolute atomic E-state index is 0.0285. The zero-order valence-electron chi connectivity index (χ0n) is 16.6. The van der Waals surface area contributed by atoms with E-state index >= 15 is 0 Å². The van der Waals surface area contributed by atoms with Crippen molar-refractivity contribution in [1.82, 2.24) is 19.2 Å². The number of carbonyl (C=O) groups is 1. The Balaban J connectivity index is 1.63. The van der Waals surface area contributed by atoms with Crippen LogP contribution in [0.4, 0.5) is 0 Å². The second-order valence-corrected chi connectivity index (χ2v) is 6.94. The molecule has 3 rings (SSSR count). The Morgan fingerprint density at radius 1 is 1.25 bits per heavy atom. The van der Waals surface area contributed by atoms with E-state index in [2.05, 4.69) is 5.10 Å². The molecular formula is C21H28N4O3. The van der Waals surface area contributed by atoms with Gasteiger partial charge in [-0.25, -0.2) is 9.48 Å². The van der Waals surface area contributed by atoms with Gasteiger partial charge in [-0.3, -0.25) is 9.36 Å². The van der Waals surface area contributed by atoms with E-state index in [9.17, 15) is 9.59 Å². The fourth-order valence-electron chi connectivity index (χ4n) is 3.58. The largest absolute Gasteiger partial charge is 0.383 e. The van der Waals surface area contributed by atoms with Gasteiger partial charge in [-0.2, -0.15) is 5.10 Å². The molecule has 0 spiro atoms. The smallest absolute Gasteiger partial charge is 0.345 e. The quantitative estimate of drug-likeness (QED) is 0.686. The molecule has 1 amide bonds. The topological polar surface area (TPSA) is 69.4 Å². The van der Waals surface area contributed by atoms with Crippen LogP contribution in [0.15, 0.2) is 41.2 Å². The number of likely N-dealkylation sites (tertiary alicyclic amines) is 1. The lowest BCUT2D eigenvalue weighted by molar-refractivity contribution is -0.127. The number of ether oxygens (including phenoxy) is 1. The first-order chi connectivity index (χ1) is 13.6. The molecular weight excluding hydrogens is 356 g/mol. The molecule has 7 heteroatoms. The summed E-state index contributed by atoms with van der Waals surface area (Å²) in [5, 5.41) is 4.56. The van der Waals surface area contributed by atoms with Gasteiger partial charge in [0.15, 0.2) is 0 Å². The van der Waals surface area contributed by atoms with Crippen LogP contribution in [-0.4, -0.2) is 52.0 Å². The molecule has 0 atom stereocenters. The van der Waals surface area contributed by atoms with E-state index in [1.165, 1.54) is 4.68 Å². The zero-order valence-corrected chi connectivity index (χ0v) is 16.6. The molecule has 28 heavy (non-hydrogen) atoms. The van der Waals surface area contributed by atoms with E-state index in [-0.39, 0.29) is 17.5 Å². The van der Waals surface area contributed by atoms with Gasteiger partial charge in [0, 0.05) is 38.7 Å². The zero-order chi connectivity index (χ0) is 19.9. The third-order valence-corrected chi connectivity index (χ3v) is 5.16. The molecule has 0 unspecified atom stereocenters. The highest BCUT2D eigenvalue weighted by Gasteiger charge is 2.27. The first-order valence-electron chi connectivity index (χ1n) is 9.82. The Kier molecular flexibility index (Phi) is 6.81. The van der Waals surface area contributed by atoms with Gasteiger partial charge < -0.3 is 9.64 Å². The first-order valence-corrected chi connectivity index (χ1v) is 9.82. The summed E-state index contributed by atoms with van der Waals surface area (Å²) in [6.45, 7) is 4.81. The number of hydrogen-bond acceptors (Lipinski definition) is 4. The van der Waals surface area contributed by atoms with Gasteiger partial charge in [-0.1, -0.05) is 30.3 Å². The van der Waals surface area contributed by atoms with Crippen molar-refractivity contribution >= 4 is 12.0 Å². The van der Waals surface area contributed by atoms with Crippen molar-refractivity contribution < 1.29 is 9.53 Å². The third-order valence-electron chi connectivity index (χ3n) is 5.16. The van der Waals surface area contributed by atoms with Gasteiger partial charge in [0.2, 0.25) is 5.91 Å². The number of methoxy groups -OCH3 is 1. The van der Waals surface area contributed by atoms with Crippen molar-refractivity contribution in [3.05, 3.63) is 58.3 Å². The lowest BCUT2D eigenvalue weighted by atomic mass is 9.96. The van der Waals surface area contributed by atoms with Crippen LogP contribution in [0, 0.1) is 0 Å². The first kappa shape index (κ1) is 20.1. The monoisotopic (exact) mass is 384 g/mol. The van der Waals surface area contributed by atoms with Crippen molar-refractivity contribution in [1.29, 1.82) is 0 Å². The lowest BCUT2D eigenvalue weighted by Crippen LogP contribution is -2.37. The molecule has 1 aliphatic heterocycles. The molecule has 150 valence electrons. The number of benzene rings is 1. The van der Waals surface area contributed by atoms with E-state index < -0.39 is 0 Å². The summed E-state index contributed by atoms with van der Waals surface area (Å²) in [6, 6.07) is 9.81. The minimum atomic E-state index is -0.0844. The van der Waals surface area contributed by atoms with Crippen molar-refractivity contribution in [3.63, 3.8) is 0 Å². The second kappa shape index (κ2) is 9.50. The number of carbonyl (C=O) groups excluding carboxylic acids is 1. The second-order valence-electron chi connectivity index (χ2n) is 6.94. The van der Waals surface area contributed by atoms with Gasteiger partial charge >= 0.3 is 5.69 Å². The number of rotatable bonds is 7. The van der Waals surface area contributed by atoms with Crippen LogP contribution in [0.25, 0.3) is 6.08 Å². The van der Waals surface area contributed by atoms with Crippen molar-refractivity contribution in [2.45, 2.75) is 38.8 Å². The molecule has 7 nitrogen and oxygen atoms in total. The standard InChI is InChI=1S/C21H28N4O3/c1-3-24-20(22-25(21(24)27)15-16-28-2)18-11-13-23(14-12-18)19(26)10-9-17-7-5-4-6-8-17/h4-10,18H,3,11-16H2,1-2H3/b10-9+. The van der Waals surface area contributed by atoms with E-state index in [0.29, 0.717) is 32.8 Å². The van der Waals surface area contributed by atoms with Crippen LogP contribution >= 0.6 is 0 Å². The number of aromatic nitrogens is 3. The fourth-order valence-corrected chi connectivity index (χ4v) is 3.58. The Labute approximate surface area is 165 Å². The number of hydrogen-bond donors (Lipinski definition) is 0. The number of piperidine rings is 1.